The van der Waals surface area contributed by atoms with Gasteiger partial charge in [0.15, 0.2) is 23.3 Å². The van der Waals surface area contributed by atoms with Crippen LogP contribution in [-0.4, -0.2) is 103 Å². The van der Waals surface area contributed by atoms with Crippen LogP contribution in [0, 0.1) is 5.41 Å². The average Bonchev–Trinajstić information content (AvgIpc) is 3.30. The number of carbonyl (C=O) groups is 5. The Morgan fingerprint density at radius 2 is 0.945 bits per heavy atom. The summed E-state index contributed by atoms with van der Waals surface area (Å²) >= 11 is 0. The number of alkyl carbamates (subject to hydrolysis) is 1. The zero-order valence-corrected chi connectivity index (χ0v) is 43.9. The first kappa shape index (κ1) is 56.3. The number of amides is 2. The van der Waals surface area contributed by atoms with E-state index < -0.39 is 23.4 Å². The van der Waals surface area contributed by atoms with Gasteiger partial charge < -0.3 is 55.1 Å². The fraction of sp³-hybridized carbons (Fsp3) is 0.246. The van der Waals surface area contributed by atoms with Crippen molar-refractivity contribution in [3.05, 3.63) is 159 Å². The van der Waals surface area contributed by atoms with E-state index in [4.69, 9.17) is 20.6 Å². The van der Waals surface area contributed by atoms with Gasteiger partial charge in [0.1, 0.15) is 17.7 Å². The third-order valence-electron chi connectivity index (χ3n) is 11.6. The first-order valence-corrected chi connectivity index (χ1v) is 23.3. The molecule has 16 heteroatoms. The summed E-state index contributed by atoms with van der Waals surface area (Å²) in [6, 6.07) is 35.4. The van der Waals surface area contributed by atoms with Crippen molar-refractivity contribution in [2.24, 2.45) is 10.7 Å². The van der Waals surface area contributed by atoms with E-state index >= 15 is 0 Å². The number of nitrogens with two attached hydrogens (primary N) is 2. The molecule has 2 amide bonds. The molecular formula is C57H60Cl2N7O7-. The summed E-state index contributed by atoms with van der Waals surface area (Å²) < 4.78 is 10.6. The number of halogens is 2. The largest absolute Gasteiger partial charge is 1.00 e. The van der Waals surface area contributed by atoms with E-state index in [0.29, 0.717) is 23.3 Å². The number of quaternary nitrogens is 1. The molecule has 6 aromatic rings. The molecule has 0 atom stereocenters. The predicted octanol–water partition coefficient (Wildman–Crippen LogP) is 3.03. The Kier molecular flexibility index (Phi) is 17.9. The van der Waals surface area contributed by atoms with E-state index in [1.807, 2.05) is 116 Å². The maximum atomic E-state index is 13.2. The lowest BCUT2D eigenvalue weighted by Gasteiger charge is -2.26. The van der Waals surface area contributed by atoms with Crippen LogP contribution in [0.1, 0.15) is 89.3 Å². The molecule has 0 saturated heterocycles. The molecular weight excluding hydrogens is 966 g/mol. The van der Waals surface area contributed by atoms with Gasteiger partial charge in [0.05, 0.1) is 12.6 Å². The van der Waals surface area contributed by atoms with Crippen LogP contribution < -0.4 is 41.2 Å². The van der Waals surface area contributed by atoms with E-state index in [1.54, 1.807) is 66.6 Å². The number of benzene rings is 6. The predicted molar refractivity (Wildman–Crippen MR) is 282 cm³/mol. The Balaban J connectivity index is 0.000000215. The Hall–Kier alpha value is -7.65. The maximum Gasteiger partial charge on any atom is 0.437 e. The maximum absolute atomic E-state index is 13.2. The third-order valence-corrected chi connectivity index (χ3v) is 11.6. The van der Waals surface area contributed by atoms with Crippen LogP contribution >= 0.6 is 0 Å². The van der Waals surface area contributed by atoms with Gasteiger partial charge in [-0.15, -0.1) is 4.99 Å². The van der Waals surface area contributed by atoms with Crippen LogP contribution in [0.25, 0.3) is 50.5 Å². The van der Waals surface area contributed by atoms with Crippen molar-refractivity contribution in [2.75, 3.05) is 40.8 Å². The molecule has 380 valence electrons. The minimum Gasteiger partial charge on any atom is -1.00 e. The van der Waals surface area contributed by atoms with Gasteiger partial charge in [-0.2, -0.15) is 0 Å². The van der Waals surface area contributed by atoms with Gasteiger partial charge in [0.25, 0.3) is 0 Å². The number of nitrogens with zero attached hydrogens (tertiary/aromatic N) is 3. The minimum atomic E-state index is -0.871. The van der Waals surface area contributed by atoms with Crippen LogP contribution in [0.5, 0.6) is 0 Å². The second kappa shape index (κ2) is 23.3. The van der Waals surface area contributed by atoms with Crippen LogP contribution in [-0.2, 0) is 9.47 Å². The van der Waals surface area contributed by atoms with Gasteiger partial charge in [-0.3, -0.25) is 25.1 Å². The van der Waals surface area contributed by atoms with Crippen molar-refractivity contribution in [1.29, 1.82) is 5.41 Å². The highest BCUT2D eigenvalue weighted by atomic mass is 35.5. The Morgan fingerprint density at radius 3 is 1.32 bits per heavy atom. The minimum absolute atomic E-state index is 0. The molecule has 14 nitrogen and oxygen atoms in total. The number of guanidine groups is 2. The highest BCUT2D eigenvalue weighted by Crippen LogP contribution is 2.34. The molecule has 0 aromatic heterocycles. The van der Waals surface area contributed by atoms with Crippen molar-refractivity contribution >= 4 is 92.0 Å². The van der Waals surface area contributed by atoms with Crippen LogP contribution in [0.15, 0.2) is 131 Å². The summed E-state index contributed by atoms with van der Waals surface area (Å²) in [5.74, 6) is -0.0649. The fourth-order valence-corrected chi connectivity index (χ4v) is 8.57. The quantitative estimate of drug-likeness (QED) is 0.142. The molecule has 0 aliphatic heterocycles. The molecule has 9 rings (SSSR count). The topological polar surface area (TPSA) is 201 Å². The van der Waals surface area contributed by atoms with Crippen molar-refractivity contribution in [3.63, 3.8) is 0 Å². The molecule has 3 aliphatic rings. The Labute approximate surface area is 437 Å². The molecule has 3 aliphatic carbocycles. The second-order valence-corrected chi connectivity index (χ2v) is 19.5. The normalized spacial score (nSPS) is 13.4. The average molecular weight is 1030 g/mol. The lowest BCUT2D eigenvalue weighted by atomic mass is 9.88. The van der Waals surface area contributed by atoms with Gasteiger partial charge in [-0.25, -0.2) is 9.59 Å². The van der Waals surface area contributed by atoms with Gasteiger partial charge in [-0.05, 0) is 92.6 Å². The highest BCUT2D eigenvalue weighted by molar-refractivity contribution is 6.25. The number of ether oxygens (including phenoxy) is 2. The standard InChI is InChI=1S/C26H31N3O5.C16H15N3O.C15H13NO.2ClH/c1-25(2,3)33-23(31)27-22(28-24(32)34-26(4,5)6)29(7)15-18-14-17-12-8-10-16-11-9-13-19(20(16)17)21(18)30;1-19(16(17)18)9-12-8-11-6-2-4-10-5-3-7-13(14(10)11)15(12)20;1-16-9-12-8-11-6-2-4-10-5-3-7-13(14(10)11)15(12)17;;/h8-14H,15H2,1-7H3,(H,27,28,31,32);2-8H,9H2,1H3,(H3,17,18);2-8,16H,9H2,1H3;2*1H/p-1. The van der Waals surface area contributed by atoms with Gasteiger partial charge in [0, 0.05) is 71.2 Å². The van der Waals surface area contributed by atoms with Crippen LogP contribution in [0.2, 0.25) is 0 Å². The van der Waals surface area contributed by atoms with Gasteiger partial charge in [0.2, 0.25) is 5.96 Å². The summed E-state index contributed by atoms with van der Waals surface area (Å²) in [6.45, 7) is 11.5. The SMILES string of the molecule is CN(CC1=Cc2cccc3cccc(c23)C1=O)C(=N)N.CN(CC1=Cc2cccc3cccc(c23)C1=O)C(=NC(=O)OC(C)(C)C)NC(=O)OC(C)(C)C.C[NH2+]CC1=Cc2cccc3cccc(c23)C1=O.[Cl-].[Cl-]. The molecule has 0 heterocycles. The highest BCUT2D eigenvalue weighted by Gasteiger charge is 2.28. The summed E-state index contributed by atoms with van der Waals surface area (Å²) in [5, 5.41) is 18.2. The molecule has 0 saturated carbocycles. The van der Waals surface area contributed by atoms with E-state index in [-0.39, 0.29) is 60.6 Å². The van der Waals surface area contributed by atoms with Crippen molar-refractivity contribution in [3.8, 4) is 0 Å². The number of Topliss-reactive ketones (excluding diaryl/α,β-unsaturated/α-hetero) is 3. The molecule has 6 aromatic carbocycles. The number of hydrogen-bond donors (Lipinski definition) is 4. The van der Waals surface area contributed by atoms with Crippen molar-refractivity contribution in [2.45, 2.75) is 52.7 Å². The molecule has 0 unspecified atom stereocenters. The van der Waals surface area contributed by atoms with E-state index in [0.717, 1.165) is 72.3 Å². The smallest absolute Gasteiger partial charge is 0.437 e. The van der Waals surface area contributed by atoms with Crippen LogP contribution in [0.3, 0.4) is 0 Å². The van der Waals surface area contributed by atoms with Crippen molar-refractivity contribution < 1.29 is 63.6 Å². The molecule has 73 heavy (non-hydrogen) atoms. The first-order chi connectivity index (χ1) is 33.6. The Morgan fingerprint density at radius 1 is 0.589 bits per heavy atom. The van der Waals surface area contributed by atoms with E-state index in [2.05, 4.69) is 28.5 Å². The van der Waals surface area contributed by atoms with E-state index in [9.17, 15) is 24.0 Å². The number of rotatable bonds is 6. The number of ketones is 3. The molecule has 0 bridgehead atoms. The number of carbonyl (C=O) groups excluding carboxylic acids is 5. The van der Waals surface area contributed by atoms with E-state index in [1.165, 1.54) is 4.90 Å². The third kappa shape index (κ3) is 13.3. The molecule has 0 fully saturated rings. The summed E-state index contributed by atoms with van der Waals surface area (Å²) in [4.78, 5) is 69.9. The monoisotopic (exact) mass is 1020 g/mol. The number of likely N-dealkylation sites (N-methyl/N-ethyl adjacent to an activating group) is 3. The van der Waals surface area contributed by atoms with Crippen LogP contribution in [0.4, 0.5) is 9.59 Å². The lowest BCUT2D eigenvalue weighted by molar-refractivity contribution is -0.618. The van der Waals surface area contributed by atoms with Gasteiger partial charge >= 0.3 is 12.2 Å². The molecule has 6 N–H and O–H groups in total. The zero-order valence-electron chi connectivity index (χ0n) is 42.4. The lowest BCUT2D eigenvalue weighted by Crippen LogP contribution is -3.00. The summed E-state index contributed by atoms with van der Waals surface area (Å²) in [7, 11) is 5.31. The number of hydrogen-bond acceptors (Lipinski definition) is 8. The summed E-state index contributed by atoms with van der Waals surface area (Å²) in [5.41, 5.74) is 11.3. The zero-order chi connectivity index (χ0) is 51.4. The summed E-state index contributed by atoms with van der Waals surface area (Å²) in [6.07, 6.45) is 4.10. The molecule has 0 spiro atoms. The number of nitrogens with one attached hydrogen (secondary N) is 2. The fourth-order valence-electron chi connectivity index (χ4n) is 8.57. The Bertz CT molecular complexity index is 3280. The first-order valence-electron chi connectivity index (χ1n) is 23.3. The molecule has 0 radical (unpaired) electrons. The van der Waals surface area contributed by atoms with Gasteiger partial charge in [-0.1, -0.05) is 109 Å². The second-order valence-electron chi connectivity index (χ2n) is 19.5. The number of aliphatic imine (C=N–C) groups is 1. The van der Waals surface area contributed by atoms with Crippen molar-refractivity contribution in [1.82, 2.24) is 15.1 Å².